The average Bonchev–Trinajstić information content (AvgIpc) is 3.17. The minimum absolute atomic E-state index is 0.826. The molecule has 1 aromatic carbocycles. The second-order valence-corrected chi connectivity index (χ2v) is 5.77. The predicted molar refractivity (Wildman–Crippen MR) is 84.6 cm³/mol. The summed E-state index contributed by atoms with van der Waals surface area (Å²) in [5, 5.41) is 4.65. The molecule has 0 saturated carbocycles. The van der Waals surface area contributed by atoms with Crippen molar-refractivity contribution in [1.29, 1.82) is 0 Å². The number of aryl methyl sites for hydroxylation is 1. The van der Waals surface area contributed by atoms with E-state index in [2.05, 4.69) is 58.5 Å². The standard InChI is InChI=1S/C16H17N3S/c1-2-16-18-12-15(20-16)11-17-13-6-5-7-14(10-13)19-8-3-4-9-19/h3-10,12,17H,2,11H2,1H3. The lowest BCUT2D eigenvalue weighted by Gasteiger charge is -2.08. The van der Waals surface area contributed by atoms with Crippen molar-refractivity contribution < 1.29 is 0 Å². The maximum absolute atomic E-state index is 4.38. The van der Waals surface area contributed by atoms with Gasteiger partial charge in [-0.2, -0.15) is 0 Å². The van der Waals surface area contributed by atoms with Gasteiger partial charge in [0.2, 0.25) is 0 Å². The summed E-state index contributed by atoms with van der Waals surface area (Å²) in [5.74, 6) is 0. The Morgan fingerprint density at radius 3 is 2.80 bits per heavy atom. The van der Waals surface area contributed by atoms with E-state index in [9.17, 15) is 0 Å². The summed E-state index contributed by atoms with van der Waals surface area (Å²) in [6.45, 7) is 2.96. The fraction of sp³-hybridized carbons (Fsp3) is 0.188. The van der Waals surface area contributed by atoms with Crippen molar-refractivity contribution in [2.24, 2.45) is 0 Å². The Morgan fingerprint density at radius 2 is 2.05 bits per heavy atom. The first kappa shape index (κ1) is 12.9. The normalized spacial score (nSPS) is 10.7. The number of benzene rings is 1. The van der Waals surface area contributed by atoms with Crippen LogP contribution in [0.15, 0.2) is 55.0 Å². The number of nitrogens with one attached hydrogen (secondary N) is 1. The van der Waals surface area contributed by atoms with Crippen LogP contribution in [0, 0.1) is 0 Å². The molecule has 0 fully saturated rings. The van der Waals surface area contributed by atoms with E-state index in [0.717, 1.165) is 18.7 Å². The Labute approximate surface area is 122 Å². The topological polar surface area (TPSA) is 29.9 Å². The third kappa shape index (κ3) is 2.91. The molecular formula is C16H17N3S. The number of hydrogen-bond acceptors (Lipinski definition) is 3. The van der Waals surface area contributed by atoms with Crippen molar-refractivity contribution in [3.05, 3.63) is 64.9 Å². The zero-order valence-electron chi connectivity index (χ0n) is 11.4. The Kier molecular flexibility index (Phi) is 3.83. The van der Waals surface area contributed by atoms with Crippen LogP contribution in [0.25, 0.3) is 5.69 Å². The van der Waals surface area contributed by atoms with Crippen LogP contribution in [0.1, 0.15) is 16.8 Å². The van der Waals surface area contributed by atoms with E-state index in [4.69, 9.17) is 0 Å². The quantitative estimate of drug-likeness (QED) is 0.763. The van der Waals surface area contributed by atoms with Gasteiger partial charge in [-0.05, 0) is 36.8 Å². The molecule has 0 unspecified atom stereocenters. The van der Waals surface area contributed by atoms with E-state index in [1.54, 1.807) is 11.3 Å². The van der Waals surface area contributed by atoms with Crippen molar-refractivity contribution in [1.82, 2.24) is 9.55 Å². The Morgan fingerprint density at radius 1 is 1.20 bits per heavy atom. The molecule has 0 atom stereocenters. The molecule has 4 heteroatoms. The summed E-state index contributed by atoms with van der Waals surface area (Å²) >= 11 is 1.78. The van der Waals surface area contributed by atoms with E-state index < -0.39 is 0 Å². The van der Waals surface area contributed by atoms with Gasteiger partial charge >= 0.3 is 0 Å². The fourth-order valence-electron chi connectivity index (χ4n) is 2.07. The molecule has 0 amide bonds. The zero-order valence-corrected chi connectivity index (χ0v) is 12.2. The monoisotopic (exact) mass is 283 g/mol. The van der Waals surface area contributed by atoms with Crippen molar-refractivity contribution in [2.75, 3.05) is 5.32 Å². The molecule has 0 aliphatic carbocycles. The molecule has 1 N–H and O–H groups in total. The van der Waals surface area contributed by atoms with Gasteiger partial charge in [0.25, 0.3) is 0 Å². The summed E-state index contributed by atoms with van der Waals surface area (Å²) < 4.78 is 2.10. The van der Waals surface area contributed by atoms with Crippen LogP contribution >= 0.6 is 11.3 Å². The maximum atomic E-state index is 4.38. The second-order valence-electron chi connectivity index (χ2n) is 4.57. The zero-order chi connectivity index (χ0) is 13.8. The summed E-state index contributed by atoms with van der Waals surface area (Å²) in [5.41, 5.74) is 2.29. The Hall–Kier alpha value is -2.07. The maximum Gasteiger partial charge on any atom is 0.0925 e. The first-order valence-corrected chi connectivity index (χ1v) is 7.57. The largest absolute Gasteiger partial charge is 0.380 e. The van der Waals surface area contributed by atoms with Crippen LogP contribution < -0.4 is 5.32 Å². The first-order valence-electron chi connectivity index (χ1n) is 6.76. The molecule has 3 rings (SSSR count). The minimum atomic E-state index is 0.826. The number of rotatable bonds is 5. The van der Waals surface area contributed by atoms with E-state index in [1.165, 1.54) is 15.6 Å². The van der Waals surface area contributed by atoms with Crippen LogP contribution in [-0.4, -0.2) is 9.55 Å². The van der Waals surface area contributed by atoms with Gasteiger partial charge in [-0.1, -0.05) is 13.0 Å². The molecule has 20 heavy (non-hydrogen) atoms. The van der Waals surface area contributed by atoms with Gasteiger partial charge in [0.15, 0.2) is 0 Å². The van der Waals surface area contributed by atoms with Crippen LogP contribution in [0.2, 0.25) is 0 Å². The lowest BCUT2D eigenvalue weighted by atomic mass is 10.2. The molecule has 0 spiro atoms. The third-order valence-electron chi connectivity index (χ3n) is 3.12. The SMILES string of the molecule is CCc1ncc(CNc2cccc(-n3cccc3)c2)s1. The number of aromatic nitrogens is 2. The summed E-state index contributed by atoms with van der Waals surface area (Å²) in [7, 11) is 0. The van der Waals surface area contributed by atoms with Gasteiger partial charge in [-0.25, -0.2) is 4.98 Å². The van der Waals surface area contributed by atoms with Crippen LogP contribution in [0.4, 0.5) is 5.69 Å². The van der Waals surface area contributed by atoms with Crippen LogP contribution in [0.5, 0.6) is 0 Å². The third-order valence-corrected chi connectivity index (χ3v) is 4.26. The molecule has 0 saturated heterocycles. The Bertz CT molecular complexity index is 671. The summed E-state index contributed by atoms with van der Waals surface area (Å²) in [6.07, 6.45) is 7.08. The molecule has 0 bridgehead atoms. The van der Waals surface area contributed by atoms with Gasteiger partial charge in [0, 0.05) is 34.8 Å². The number of thiazole rings is 1. The van der Waals surface area contributed by atoms with E-state index >= 15 is 0 Å². The van der Waals surface area contributed by atoms with Crippen LogP contribution in [0.3, 0.4) is 0 Å². The van der Waals surface area contributed by atoms with Gasteiger partial charge in [-0.3, -0.25) is 0 Å². The highest BCUT2D eigenvalue weighted by atomic mass is 32.1. The van der Waals surface area contributed by atoms with Gasteiger partial charge in [-0.15, -0.1) is 11.3 Å². The molecule has 0 radical (unpaired) electrons. The fourth-order valence-corrected chi connectivity index (χ4v) is 2.87. The lowest BCUT2D eigenvalue weighted by Crippen LogP contribution is -1.98. The van der Waals surface area contributed by atoms with Crippen molar-refractivity contribution in [3.8, 4) is 5.69 Å². The first-order chi connectivity index (χ1) is 9.85. The smallest absolute Gasteiger partial charge is 0.0925 e. The van der Waals surface area contributed by atoms with E-state index in [-0.39, 0.29) is 0 Å². The second kappa shape index (κ2) is 5.92. The number of hydrogen-bond donors (Lipinski definition) is 1. The highest BCUT2D eigenvalue weighted by molar-refractivity contribution is 7.11. The summed E-state index contributed by atoms with van der Waals surface area (Å²) in [6, 6.07) is 12.5. The summed E-state index contributed by atoms with van der Waals surface area (Å²) in [4.78, 5) is 5.65. The number of anilines is 1. The van der Waals surface area contributed by atoms with Gasteiger partial charge in [0.1, 0.15) is 0 Å². The van der Waals surface area contributed by atoms with Crippen molar-refractivity contribution >= 4 is 17.0 Å². The highest BCUT2D eigenvalue weighted by Crippen LogP contribution is 2.18. The highest BCUT2D eigenvalue weighted by Gasteiger charge is 2.01. The lowest BCUT2D eigenvalue weighted by molar-refractivity contribution is 1.07. The van der Waals surface area contributed by atoms with Crippen molar-refractivity contribution in [3.63, 3.8) is 0 Å². The number of nitrogens with zero attached hydrogens (tertiary/aromatic N) is 2. The predicted octanol–water partition coefficient (Wildman–Crippen LogP) is 4.11. The van der Waals surface area contributed by atoms with Gasteiger partial charge in [0.05, 0.1) is 11.6 Å². The molecule has 0 aliphatic rings. The van der Waals surface area contributed by atoms with Crippen molar-refractivity contribution in [2.45, 2.75) is 19.9 Å². The molecule has 102 valence electrons. The van der Waals surface area contributed by atoms with Gasteiger partial charge < -0.3 is 9.88 Å². The molecule has 3 nitrogen and oxygen atoms in total. The Balaban J connectivity index is 1.70. The molecule has 0 aliphatic heterocycles. The van der Waals surface area contributed by atoms with E-state index in [1.807, 2.05) is 18.3 Å². The molecule has 3 aromatic rings. The van der Waals surface area contributed by atoms with Crippen LogP contribution in [-0.2, 0) is 13.0 Å². The minimum Gasteiger partial charge on any atom is -0.380 e. The molecule has 2 aromatic heterocycles. The van der Waals surface area contributed by atoms with E-state index in [0.29, 0.717) is 0 Å². The molecular weight excluding hydrogens is 266 g/mol. The molecule has 2 heterocycles. The average molecular weight is 283 g/mol.